The van der Waals surface area contributed by atoms with Gasteiger partial charge in [-0.05, 0) is 60.2 Å². The Morgan fingerprint density at radius 3 is 2.66 bits per heavy atom. The van der Waals surface area contributed by atoms with Crippen LogP contribution in [0.4, 0.5) is 4.79 Å². The summed E-state index contributed by atoms with van der Waals surface area (Å²) < 4.78 is 10.6. The van der Waals surface area contributed by atoms with Crippen LogP contribution in [0.15, 0.2) is 47.4 Å². The SMILES string of the molecule is CCOc1cc(/C=C2\SC(=O)N(Cc3cccc(Cl)c3)C2=O)ccc1OC(C)=O. The van der Waals surface area contributed by atoms with Crippen LogP contribution in [0.3, 0.4) is 0 Å². The Bertz CT molecular complexity index is 1000. The summed E-state index contributed by atoms with van der Waals surface area (Å²) in [7, 11) is 0. The zero-order valence-corrected chi connectivity index (χ0v) is 17.4. The normalized spacial score (nSPS) is 15.1. The molecule has 0 unspecified atom stereocenters. The third-order valence-electron chi connectivity index (χ3n) is 3.92. The Labute approximate surface area is 177 Å². The van der Waals surface area contributed by atoms with E-state index >= 15 is 0 Å². The van der Waals surface area contributed by atoms with Crippen LogP contribution in [0.1, 0.15) is 25.0 Å². The lowest BCUT2D eigenvalue weighted by Crippen LogP contribution is -2.27. The Kier molecular flexibility index (Phi) is 6.61. The van der Waals surface area contributed by atoms with E-state index in [9.17, 15) is 14.4 Å². The number of imide groups is 1. The first kappa shape index (κ1) is 21.0. The first-order valence-corrected chi connectivity index (χ1v) is 10.0. The number of esters is 1. The molecular weight excluding hydrogens is 414 g/mol. The van der Waals surface area contributed by atoms with Crippen molar-refractivity contribution in [2.24, 2.45) is 0 Å². The third kappa shape index (κ3) is 5.19. The highest BCUT2D eigenvalue weighted by molar-refractivity contribution is 8.18. The lowest BCUT2D eigenvalue weighted by atomic mass is 10.1. The highest BCUT2D eigenvalue weighted by Crippen LogP contribution is 2.35. The van der Waals surface area contributed by atoms with Crippen molar-refractivity contribution in [1.29, 1.82) is 0 Å². The average molecular weight is 432 g/mol. The number of thioether (sulfide) groups is 1. The smallest absolute Gasteiger partial charge is 0.308 e. The molecule has 0 N–H and O–H groups in total. The fourth-order valence-corrected chi connectivity index (χ4v) is 3.78. The Hall–Kier alpha value is -2.77. The fourth-order valence-electron chi connectivity index (χ4n) is 2.73. The number of amides is 2. The minimum Gasteiger partial charge on any atom is -0.490 e. The van der Waals surface area contributed by atoms with Gasteiger partial charge in [0.1, 0.15) is 0 Å². The van der Waals surface area contributed by atoms with Crippen LogP contribution in [0.2, 0.25) is 5.02 Å². The molecule has 150 valence electrons. The van der Waals surface area contributed by atoms with Gasteiger partial charge in [-0.25, -0.2) is 0 Å². The van der Waals surface area contributed by atoms with Gasteiger partial charge >= 0.3 is 5.97 Å². The van der Waals surface area contributed by atoms with E-state index in [1.54, 1.807) is 48.5 Å². The van der Waals surface area contributed by atoms with Crippen LogP contribution >= 0.6 is 23.4 Å². The standard InChI is InChI=1S/C21H18ClNO5S/c1-3-27-18-10-14(7-8-17(18)28-13(2)24)11-19-20(25)23(21(26)29-19)12-15-5-4-6-16(22)9-15/h4-11H,3,12H2,1-2H3/b19-11-. The van der Waals surface area contributed by atoms with E-state index in [1.807, 2.05) is 6.92 Å². The maximum Gasteiger partial charge on any atom is 0.308 e. The number of hydrogen-bond acceptors (Lipinski definition) is 6. The quantitative estimate of drug-likeness (QED) is 0.368. The van der Waals surface area contributed by atoms with Crippen molar-refractivity contribution in [3.63, 3.8) is 0 Å². The van der Waals surface area contributed by atoms with Gasteiger partial charge in [-0.3, -0.25) is 19.3 Å². The molecule has 0 radical (unpaired) electrons. The largest absolute Gasteiger partial charge is 0.490 e. The van der Waals surface area contributed by atoms with E-state index < -0.39 is 5.97 Å². The monoisotopic (exact) mass is 431 g/mol. The van der Waals surface area contributed by atoms with Crippen LogP contribution in [-0.2, 0) is 16.1 Å². The zero-order chi connectivity index (χ0) is 21.0. The molecule has 1 heterocycles. The summed E-state index contributed by atoms with van der Waals surface area (Å²) in [5, 5.41) is 0.198. The number of nitrogens with zero attached hydrogens (tertiary/aromatic N) is 1. The molecule has 1 fully saturated rings. The van der Waals surface area contributed by atoms with Crippen molar-refractivity contribution in [3.05, 3.63) is 63.5 Å². The second-order valence-electron chi connectivity index (χ2n) is 6.13. The highest BCUT2D eigenvalue weighted by Gasteiger charge is 2.35. The summed E-state index contributed by atoms with van der Waals surface area (Å²) in [5.41, 5.74) is 1.42. The molecule has 2 amide bonds. The van der Waals surface area contributed by atoms with Crippen LogP contribution in [0, 0.1) is 0 Å². The summed E-state index contributed by atoms with van der Waals surface area (Å²) in [6.45, 7) is 3.65. The zero-order valence-electron chi connectivity index (χ0n) is 15.8. The number of rotatable bonds is 6. The molecule has 3 rings (SSSR count). The highest BCUT2D eigenvalue weighted by atomic mass is 35.5. The van der Waals surface area contributed by atoms with Crippen LogP contribution in [0.25, 0.3) is 6.08 Å². The molecule has 1 aliphatic rings. The molecule has 0 aromatic heterocycles. The molecule has 2 aromatic rings. The van der Waals surface area contributed by atoms with Gasteiger partial charge < -0.3 is 9.47 Å². The molecule has 0 saturated carbocycles. The second kappa shape index (κ2) is 9.15. The minimum atomic E-state index is -0.458. The molecule has 0 bridgehead atoms. The topological polar surface area (TPSA) is 72.9 Å². The Morgan fingerprint density at radius 2 is 1.97 bits per heavy atom. The molecule has 2 aromatic carbocycles. The predicted octanol–water partition coefficient (Wildman–Crippen LogP) is 4.90. The molecule has 8 heteroatoms. The lowest BCUT2D eigenvalue weighted by Gasteiger charge is -2.12. The summed E-state index contributed by atoms with van der Waals surface area (Å²) in [4.78, 5) is 37.8. The molecular formula is C21H18ClNO5S. The lowest BCUT2D eigenvalue weighted by molar-refractivity contribution is -0.132. The molecule has 0 atom stereocenters. The van der Waals surface area contributed by atoms with Crippen LogP contribution < -0.4 is 9.47 Å². The van der Waals surface area contributed by atoms with Crippen molar-refractivity contribution in [2.45, 2.75) is 20.4 Å². The van der Waals surface area contributed by atoms with E-state index in [1.165, 1.54) is 11.8 Å². The number of hydrogen-bond donors (Lipinski definition) is 0. The van der Waals surface area contributed by atoms with Gasteiger partial charge in [0, 0.05) is 11.9 Å². The maximum absolute atomic E-state index is 12.7. The first-order valence-electron chi connectivity index (χ1n) is 8.82. The third-order valence-corrected chi connectivity index (χ3v) is 5.06. The number of halogens is 1. The molecule has 0 aliphatic carbocycles. The van der Waals surface area contributed by atoms with E-state index in [-0.39, 0.29) is 17.7 Å². The van der Waals surface area contributed by atoms with Crippen LogP contribution in [0.5, 0.6) is 11.5 Å². The molecule has 1 aliphatic heterocycles. The van der Waals surface area contributed by atoms with Gasteiger partial charge in [0.25, 0.3) is 11.1 Å². The van der Waals surface area contributed by atoms with E-state index in [4.69, 9.17) is 21.1 Å². The Morgan fingerprint density at radius 1 is 1.17 bits per heavy atom. The maximum atomic E-state index is 12.7. The molecule has 29 heavy (non-hydrogen) atoms. The summed E-state index contributed by atoms with van der Waals surface area (Å²) >= 11 is 6.85. The van der Waals surface area contributed by atoms with Gasteiger partial charge in [0.15, 0.2) is 11.5 Å². The fraction of sp³-hybridized carbons (Fsp3) is 0.190. The second-order valence-corrected chi connectivity index (χ2v) is 7.56. The van der Waals surface area contributed by atoms with Crippen molar-refractivity contribution in [1.82, 2.24) is 4.90 Å². The van der Waals surface area contributed by atoms with Crippen LogP contribution in [-0.4, -0.2) is 28.6 Å². The van der Waals surface area contributed by atoms with Gasteiger partial charge in [-0.2, -0.15) is 0 Å². The van der Waals surface area contributed by atoms with Gasteiger partial charge in [0.05, 0.1) is 18.1 Å². The number of benzene rings is 2. The predicted molar refractivity (Wildman–Crippen MR) is 112 cm³/mol. The Balaban J connectivity index is 1.83. The van der Waals surface area contributed by atoms with E-state index in [0.717, 1.165) is 17.3 Å². The van der Waals surface area contributed by atoms with Crippen molar-refractivity contribution in [3.8, 4) is 11.5 Å². The number of carbonyl (C=O) groups is 3. The van der Waals surface area contributed by atoms with E-state index in [0.29, 0.717) is 33.6 Å². The summed E-state index contributed by atoms with van der Waals surface area (Å²) in [6, 6.07) is 12.0. The summed E-state index contributed by atoms with van der Waals surface area (Å²) in [5.74, 6) is -0.150. The number of ether oxygens (including phenoxy) is 2. The van der Waals surface area contributed by atoms with Gasteiger partial charge in [-0.1, -0.05) is 29.8 Å². The van der Waals surface area contributed by atoms with E-state index in [2.05, 4.69) is 0 Å². The van der Waals surface area contributed by atoms with Gasteiger partial charge in [0.2, 0.25) is 0 Å². The molecule has 1 saturated heterocycles. The molecule has 0 spiro atoms. The average Bonchev–Trinajstić information content (AvgIpc) is 2.91. The van der Waals surface area contributed by atoms with Crippen molar-refractivity contribution >= 4 is 46.6 Å². The van der Waals surface area contributed by atoms with Crippen molar-refractivity contribution in [2.75, 3.05) is 6.61 Å². The van der Waals surface area contributed by atoms with Gasteiger partial charge in [-0.15, -0.1) is 0 Å². The minimum absolute atomic E-state index is 0.151. The summed E-state index contributed by atoms with van der Waals surface area (Å²) in [6.07, 6.45) is 1.61. The first-order chi connectivity index (χ1) is 13.9. The van der Waals surface area contributed by atoms with Crippen molar-refractivity contribution < 1.29 is 23.9 Å². The molecule has 6 nitrogen and oxygen atoms in total. The number of carbonyl (C=O) groups excluding carboxylic acids is 3.